The van der Waals surface area contributed by atoms with Gasteiger partial charge in [0.05, 0.1) is 11.4 Å². The Morgan fingerprint density at radius 1 is 1.19 bits per heavy atom. The first kappa shape index (κ1) is 18.9. The number of carboxylic acids is 1. The van der Waals surface area contributed by atoms with E-state index in [1.54, 1.807) is 12.3 Å². The summed E-state index contributed by atoms with van der Waals surface area (Å²) in [5.74, 6) is 0.836. The third-order valence-electron chi connectivity index (χ3n) is 6.64. The Hall–Kier alpha value is -1.91. The Morgan fingerprint density at radius 2 is 1.85 bits per heavy atom. The van der Waals surface area contributed by atoms with Gasteiger partial charge in [0.15, 0.2) is 0 Å². The lowest BCUT2D eigenvalue weighted by Gasteiger charge is -2.38. The van der Waals surface area contributed by atoms with Gasteiger partial charge < -0.3 is 5.11 Å². The van der Waals surface area contributed by atoms with Gasteiger partial charge >= 0.3 is 5.97 Å². The van der Waals surface area contributed by atoms with Crippen LogP contribution in [-0.4, -0.2) is 28.5 Å². The van der Waals surface area contributed by atoms with Crippen LogP contribution in [-0.2, 0) is 9.59 Å². The van der Waals surface area contributed by atoms with Crippen molar-refractivity contribution in [2.24, 2.45) is 23.7 Å². The number of rotatable bonds is 4. The molecule has 5 heteroatoms. The second kappa shape index (κ2) is 7.77. The van der Waals surface area contributed by atoms with Crippen molar-refractivity contribution in [1.29, 1.82) is 0 Å². The molecule has 1 aromatic rings. The minimum Gasteiger partial charge on any atom is -0.480 e. The maximum atomic E-state index is 13.2. The SMILES string of the molecule is CC1CCC(CC2C(=O)N(CC(=O)O)c3cccnc3C2C)CCC1C. The molecular formula is C21H30N2O3. The van der Waals surface area contributed by atoms with Crippen LogP contribution in [0.2, 0.25) is 0 Å². The maximum absolute atomic E-state index is 13.2. The fourth-order valence-corrected chi connectivity index (χ4v) is 4.62. The average Bonchev–Trinajstić information content (AvgIpc) is 2.77. The molecule has 0 radical (unpaired) electrons. The maximum Gasteiger partial charge on any atom is 0.323 e. The number of aromatic nitrogens is 1. The van der Waals surface area contributed by atoms with Crippen LogP contribution < -0.4 is 4.90 Å². The van der Waals surface area contributed by atoms with Crippen molar-refractivity contribution in [3.05, 3.63) is 24.0 Å². The lowest BCUT2D eigenvalue weighted by atomic mass is 9.77. The minimum absolute atomic E-state index is 0.0295. The molecule has 4 unspecified atom stereocenters. The predicted octanol–water partition coefficient (Wildman–Crippen LogP) is 4.09. The van der Waals surface area contributed by atoms with Crippen LogP contribution in [0.4, 0.5) is 5.69 Å². The van der Waals surface area contributed by atoms with Crippen molar-refractivity contribution in [3.8, 4) is 0 Å². The molecule has 1 aliphatic carbocycles. The number of pyridine rings is 1. The molecule has 142 valence electrons. The standard InChI is InChI=1S/C21H30N2O3/c1-13-6-8-16(9-7-14(13)2)11-17-15(3)20-18(5-4-10-22-20)23(21(17)26)12-19(24)25/h4-5,10,13-17H,6-9,11-12H2,1-3H3,(H,24,25). The van der Waals surface area contributed by atoms with Crippen molar-refractivity contribution >= 4 is 17.6 Å². The van der Waals surface area contributed by atoms with Crippen LogP contribution in [0.15, 0.2) is 18.3 Å². The van der Waals surface area contributed by atoms with Gasteiger partial charge in [-0.25, -0.2) is 0 Å². The minimum atomic E-state index is -0.987. The fraction of sp³-hybridized carbons (Fsp3) is 0.667. The first-order valence-electron chi connectivity index (χ1n) is 9.86. The van der Waals surface area contributed by atoms with Crippen molar-refractivity contribution in [3.63, 3.8) is 0 Å². The summed E-state index contributed by atoms with van der Waals surface area (Å²) in [7, 11) is 0. The molecule has 0 aromatic carbocycles. The molecule has 2 aliphatic rings. The summed E-state index contributed by atoms with van der Waals surface area (Å²) in [5, 5.41) is 9.26. The van der Waals surface area contributed by atoms with Gasteiger partial charge in [-0.3, -0.25) is 19.5 Å². The molecule has 5 nitrogen and oxygen atoms in total. The second-order valence-corrected chi connectivity index (χ2v) is 8.33. The van der Waals surface area contributed by atoms with E-state index < -0.39 is 5.97 Å². The van der Waals surface area contributed by atoms with Crippen molar-refractivity contribution in [1.82, 2.24) is 4.98 Å². The van der Waals surface area contributed by atoms with Gasteiger partial charge in [0.25, 0.3) is 0 Å². The third kappa shape index (κ3) is 3.76. The Labute approximate surface area is 155 Å². The van der Waals surface area contributed by atoms with Gasteiger partial charge in [-0.15, -0.1) is 0 Å². The van der Waals surface area contributed by atoms with E-state index in [1.807, 2.05) is 6.07 Å². The third-order valence-corrected chi connectivity index (χ3v) is 6.64. The van der Waals surface area contributed by atoms with E-state index in [1.165, 1.54) is 17.7 Å². The van der Waals surface area contributed by atoms with Crippen molar-refractivity contribution in [2.75, 3.05) is 11.4 Å². The molecule has 0 spiro atoms. The number of nitrogens with zero attached hydrogens (tertiary/aromatic N) is 2. The molecule has 1 fully saturated rings. The summed E-state index contributed by atoms with van der Waals surface area (Å²) in [6.45, 7) is 6.43. The number of anilines is 1. The highest BCUT2D eigenvalue weighted by molar-refractivity contribution is 6.01. The Morgan fingerprint density at radius 3 is 2.46 bits per heavy atom. The molecule has 0 saturated heterocycles. The molecule has 2 heterocycles. The molecule has 1 saturated carbocycles. The number of fused-ring (bicyclic) bond motifs is 1. The molecule has 0 bridgehead atoms. The zero-order chi connectivity index (χ0) is 18.8. The van der Waals surface area contributed by atoms with Gasteiger partial charge in [0.2, 0.25) is 5.91 Å². The normalized spacial score (nSPS) is 32.0. The zero-order valence-electron chi connectivity index (χ0n) is 16.0. The van der Waals surface area contributed by atoms with Crippen LogP contribution in [0.5, 0.6) is 0 Å². The van der Waals surface area contributed by atoms with E-state index in [9.17, 15) is 14.7 Å². The summed E-state index contributed by atoms with van der Waals surface area (Å²) in [5.41, 5.74) is 1.51. The smallest absolute Gasteiger partial charge is 0.323 e. The van der Waals surface area contributed by atoms with E-state index in [4.69, 9.17) is 0 Å². The molecule has 1 aliphatic heterocycles. The van der Waals surface area contributed by atoms with Crippen LogP contribution >= 0.6 is 0 Å². The quantitative estimate of drug-likeness (QED) is 0.823. The van der Waals surface area contributed by atoms with E-state index in [-0.39, 0.29) is 24.3 Å². The topological polar surface area (TPSA) is 70.5 Å². The predicted molar refractivity (Wildman–Crippen MR) is 101 cm³/mol. The summed E-state index contributed by atoms with van der Waals surface area (Å²) in [6, 6.07) is 3.58. The average molecular weight is 358 g/mol. The first-order chi connectivity index (χ1) is 12.4. The molecule has 1 N–H and O–H groups in total. The summed E-state index contributed by atoms with van der Waals surface area (Å²) < 4.78 is 0. The van der Waals surface area contributed by atoms with Crippen LogP contribution in [0.3, 0.4) is 0 Å². The molecule has 3 rings (SSSR count). The van der Waals surface area contributed by atoms with E-state index in [0.717, 1.165) is 36.8 Å². The summed E-state index contributed by atoms with van der Waals surface area (Å²) in [6.07, 6.45) is 7.33. The lowest BCUT2D eigenvalue weighted by molar-refractivity contribution is -0.137. The zero-order valence-corrected chi connectivity index (χ0v) is 16.0. The van der Waals surface area contributed by atoms with Gasteiger partial charge in [-0.1, -0.05) is 46.5 Å². The second-order valence-electron chi connectivity index (χ2n) is 8.33. The Kier molecular flexibility index (Phi) is 5.64. The lowest BCUT2D eigenvalue weighted by Crippen LogP contribution is -2.46. The monoisotopic (exact) mass is 358 g/mol. The highest BCUT2D eigenvalue weighted by Crippen LogP contribution is 2.43. The number of hydrogen-bond acceptors (Lipinski definition) is 3. The van der Waals surface area contributed by atoms with Gasteiger partial charge in [0.1, 0.15) is 6.54 Å². The number of carbonyl (C=O) groups excluding carboxylic acids is 1. The van der Waals surface area contributed by atoms with Crippen LogP contribution in [0.1, 0.15) is 64.5 Å². The summed E-state index contributed by atoms with van der Waals surface area (Å²) >= 11 is 0. The van der Waals surface area contributed by atoms with Crippen LogP contribution in [0.25, 0.3) is 0 Å². The largest absolute Gasteiger partial charge is 0.480 e. The van der Waals surface area contributed by atoms with E-state index in [2.05, 4.69) is 25.8 Å². The number of carboxylic acid groups (broad SMARTS) is 1. The van der Waals surface area contributed by atoms with Gasteiger partial charge in [-0.2, -0.15) is 0 Å². The van der Waals surface area contributed by atoms with Crippen LogP contribution in [0, 0.1) is 23.7 Å². The molecule has 4 atom stereocenters. The van der Waals surface area contributed by atoms with Gasteiger partial charge in [-0.05, 0) is 36.3 Å². The number of hydrogen-bond donors (Lipinski definition) is 1. The molecule has 1 amide bonds. The number of aliphatic carboxylic acids is 1. The molecule has 26 heavy (non-hydrogen) atoms. The number of carbonyl (C=O) groups is 2. The van der Waals surface area contributed by atoms with Crippen molar-refractivity contribution < 1.29 is 14.7 Å². The molecule has 1 aromatic heterocycles. The Bertz CT molecular complexity index is 663. The van der Waals surface area contributed by atoms with E-state index in [0.29, 0.717) is 11.6 Å². The van der Waals surface area contributed by atoms with Crippen molar-refractivity contribution in [2.45, 2.75) is 58.8 Å². The highest BCUT2D eigenvalue weighted by atomic mass is 16.4. The summed E-state index contributed by atoms with van der Waals surface area (Å²) in [4.78, 5) is 30.4. The van der Waals surface area contributed by atoms with E-state index >= 15 is 0 Å². The first-order valence-corrected chi connectivity index (χ1v) is 9.86. The Balaban J connectivity index is 1.83. The molecular weight excluding hydrogens is 328 g/mol. The highest BCUT2D eigenvalue weighted by Gasteiger charge is 2.40. The fourth-order valence-electron chi connectivity index (χ4n) is 4.62. The number of amides is 1. The van der Waals surface area contributed by atoms with Gasteiger partial charge in [0, 0.05) is 18.0 Å².